The lowest BCUT2D eigenvalue weighted by Crippen LogP contribution is -2.30. The Bertz CT molecular complexity index is 758. The number of nitrogens with zero attached hydrogens (tertiary/aromatic N) is 2. The van der Waals surface area contributed by atoms with Crippen LogP contribution in [0.25, 0.3) is 0 Å². The topological polar surface area (TPSA) is 94.2 Å². The molecule has 114 valence electrons. The molecule has 21 heavy (non-hydrogen) atoms. The number of aromatic nitrogens is 2. The molecule has 2 heterocycles. The normalized spacial score (nSPS) is 11.6. The van der Waals surface area contributed by atoms with Crippen LogP contribution in [0, 0.1) is 6.92 Å². The van der Waals surface area contributed by atoms with Crippen molar-refractivity contribution in [3.05, 3.63) is 35.7 Å². The molecule has 0 fully saturated rings. The second-order valence-corrected chi connectivity index (χ2v) is 6.10. The maximum Gasteiger partial charge on any atom is 0.300 e. The van der Waals surface area contributed by atoms with Crippen LogP contribution in [-0.2, 0) is 23.0 Å². The van der Waals surface area contributed by atoms with Crippen molar-refractivity contribution in [2.45, 2.75) is 38.8 Å². The SMILES string of the molecule is CCc1ccc(C(=O)NS(=O)(=O)c2cn(CC)c(C)n2)o1. The number of carbonyl (C=O) groups is 1. The molecule has 0 saturated carbocycles. The van der Waals surface area contributed by atoms with Crippen LogP contribution in [-0.4, -0.2) is 23.9 Å². The Morgan fingerprint density at radius 2 is 2.10 bits per heavy atom. The molecule has 0 aliphatic carbocycles. The van der Waals surface area contributed by atoms with Crippen LogP contribution in [0.5, 0.6) is 0 Å². The summed E-state index contributed by atoms with van der Waals surface area (Å²) in [7, 11) is -4.01. The predicted octanol–water partition coefficient (Wildman–Crippen LogP) is 1.49. The predicted molar refractivity (Wildman–Crippen MR) is 75.4 cm³/mol. The van der Waals surface area contributed by atoms with E-state index in [0.717, 1.165) is 0 Å². The minimum absolute atomic E-state index is 0.0397. The first kappa shape index (κ1) is 15.3. The largest absolute Gasteiger partial charge is 0.456 e. The third-order valence-corrected chi connectivity index (χ3v) is 4.23. The molecule has 0 radical (unpaired) electrons. The maximum absolute atomic E-state index is 12.1. The number of sulfonamides is 1. The van der Waals surface area contributed by atoms with Gasteiger partial charge in [0.15, 0.2) is 10.8 Å². The highest BCUT2D eigenvalue weighted by atomic mass is 32.2. The highest BCUT2D eigenvalue weighted by molar-refractivity contribution is 7.90. The van der Waals surface area contributed by atoms with Gasteiger partial charge in [0.25, 0.3) is 10.0 Å². The van der Waals surface area contributed by atoms with Crippen LogP contribution in [0.4, 0.5) is 0 Å². The number of hydrogen-bond donors (Lipinski definition) is 1. The van der Waals surface area contributed by atoms with Gasteiger partial charge in [0.1, 0.15) is 11.6 Å². The van der Waals surface area contributed by atoms with E-state index in [1.807, 2.05) is 18.6 Å². The fraction of sp³-hybridized carbons (Fsp3) is 0.385. The number of carbonyl (C=O) groups excluding carboxylic acids is 1. The summed E-state index contributed by atoms with van der Waals surface area (Å²) in [5.41, 5.74) is 0. The molecule has 2 aromatic heterocycles. The van der Waals surface area contributed by atoms with Crippen LogP contribution in [0.3, 0.4) is 0 Å². The summed E-state index contributed by atoms with van der Waals surface area (Å²) in [5.74, 6) is 0.334. The number of imidazole rings is 1. The van der Waals surface area contributed by atoms with Crippen molar-refractivity contribution in [1.29, 1.82) is 0 Å². The molecule has 0 bridgehead atoms. The first-order valence-electron chi connectivity index (χ1n) is 6.57. The highest BCUT2D eigenvalue weighted by Crippen LogP contribution is 2.12. The number of nitrogens with one attached hydrogen (secondary N) is 1. The highest BCUT2D eigenvalue weighted by Gasteiger charge is 2.23. The zero-order chi connectivity index (χ0) is 15.6. The molecule has 8 heteroatoms. The first-order valence-corrected chi connectivity index (χ1v) is 8.05. The Hall–Kier alpha value is -2.09. The van der Waals surface area contributed by atoms with Crippen molar-refractivity contribution in [3.63, 3.8) is 0 Å². The minimum Gasteiger partial charge on any atom is -0.456 e. The number of amides is 1. The average Bonchev–Trinajstić information content (AvgIpc) is 3.04. The van der Waals surface area contributed by atoms with Gasteiger partial charge in [-0.15, -0.1) is 0 Å². The van der Waals surface area contributed by atoms with E-state index >= 15 is 0 Å². The van der Waals surface area contributed by atoms with Gasteiger partial charge in [-0.1, -0.05) is 6.92 Å². The summed E-state index contributed by atoms with van der Waals surface area (Å²) >= 11 is 0. The second-order valence-electron chi connectivity index (χ2n) is 4.47. The fourth-order valence-electron chi connectivity index (χ4n) is 1.84. The summed E-state index contributed by atoms with van der Waals surface area (Å²) in [4.78, 5) is 15.9. The molecular weight excluding hydrogens is 294 g/mol. The molecule has 2 rings (SSSR count). The van der Waals surface area contributed by atoms with E-state index in [-0.39, 0.29) is 10.8 Å². The summed E-state index contributed by atoms with van der Waals surface area (Å²) in [6, 6.07) is 3.08. The Balaban J connectivity index is 2.22. The fourth-order valence-corrected chi connectivity index (χ4v) is 2.81. The van der Waals surface area contributed by atoms with Crippen molar-refractivity contribution in [2.24, 2.45) is 0 Å². The molecule has 1 amide bonds. The van der Waals surface area contributed by atoms with Gasteiger partial charge in [-0.25, -0.2) is 9.71 Å². The molecular formula is C13H17N3O4S. The van der Waals surface area contributed by atoms with Gasteiger partial charge in [-0.3, -0.25) is 4.79 Å². The quantitative estimate of drug-likeness (QED) is 0.902. The number of aryl methyl sites for hydroxylation is 3. The average molecular weight is 311 g/mol. The minimum atomic E-state index is -4.01. The molecule has 2 aromatic rings. The molecule has 0 aromatic carbocycles. The molecule has 0 spiro atoms. The van der Waals surface area contributed by atoms with Gasteiger partial charge in [0.05, 0.1) is 0 Å². The lowest BCUT2D eigenvalue weighted by atomic mass is 10.3. The molecule has 0 atom stereocenters. The van der Waals surface area contributed by atoms with E-state index in [0.29, 0.717) is 24.6 Å². The Kier molecular flexibility index (Phi) is 4.17. The van der Waals surface area contributed by atoms with Crippen LogP contribution < -0.4 is 4.72 Å². The van der Waals surface area contributed by atoms with Gasteiger partial charge in [0, 0.05) is 19.2 Å². The third kappa shape index (κ3) is 3.15. The summed E-state index contributed by atoms with van der Waals surface area (Å²) in [5, 5.41) is -0.183. The molecule has 0 saturated heterocycles. The van der Waals surface area contributed by atoms with Crippen molar-refractivity contribution in [3.8, 4) is 0 Å². The first-order chi connectivity index (χ1) is 9.87. The number of hydrogen-bond acceptors (Lipinski definition) is 5. The van der Waals surface area contributed by atoms with E-state index in [9.17, 15) is 13.2 Å². The molecule has 7 nitrogen and oxygen atoms in total. The van der Waals surface area contributed by atoms with E-state index in [2.05, 4.69) is 4.98 Å². The zero-order valence-corrected chi connectivity index (χ0v) is 12.9. The maximum atomic E-state index is 12.1. The lowest BCUT2D eigenvalue weighted by molar-refractivity contribution is 0.0952. The Morgan fingerprint density at radius 1 is 1.38 bits per heavy atom. The van der Waals surface area contributed by atoms with Crippen molar-refractivity contribution in [1.82, 2.24) is 14.3 Å². The van der Waals surface area contributed by atoms with Crippen molar-refractivity contribution >= 4 is 15.9 Å². The summed E-state index contributed by atoms with van der Waals surface area (Å²) in [6.07, 6.45) is 2.02. The Morgan fingerprint density at radius 3 is 2.62 bits per heavy atom. The smallest absolute Gasteiger partial charge is 0.300 e. The van der Waals surface area contributed by atoms with E-state index < -0.39 is 15.9 Å². The van der Waals surface area contributed by atoms with Crippen LogP contribution >= 0.6 is 0 Å². The standard InChI is InChI=1S/C13H17N3O4S/c1-4-10-6-7-11(20-10)13(17)15-21(18,19)12-8-16(5-2)9(3)14-12/h6-8H,4-5H2,1-3H3,(H,15,17). The van der Waals surface area contributed by atoms with E-state index in [1.165, 1.54) is 12.3 Å². The zero-order valence-electron chi connectivity index (χ0n) is 12.1. The second kappa shape index (κ2) is 5.72. The molecule has 1 N–H and O–H groups in total. The van der Waals surface area contributed by atoms with Gasteiger partial charge >= 0.3 is 5.91 Å². The van der Waals surface area contributed by atoms with E-state index in [4.69, 9.17) is 4.42 Å². The van der Waals surface area contributed by atoms with Gasteiger partial charge < -0.3 is 8.98 Å². The van der Waals surface area contributed by atoms with Gasteiger partial charge in [-0.2, -0.15) is 8.42 Å². The third-order valence-electron chi connectivity index (χ3n) is 3.03. The van der Waals surface area contributed by atoms with E-state index in [1.54, 1.807) is 17.6 Å². The molecule has 0 unspecified atom stereocenters. The monoisotopic (exact) mass is 311 g/mol. The number of rotatable bonds is 5. The van der Waals surface area contributed by atoms with Gasteiger partial charge in [-0.05, 0) is 26.0 Å². The molecule has 0 aliphatic heterocycles. The lowest BCUT2D eigenvalue weighted by Gasteiger charge is -2.02. The summed E-state index contributed by atoms with van der Waals surface area (Å²) in [6.45, 7) is 6.04. The van der Waals surface area contributed by atoms with Crippen LogP contribution in [0.15, 0.2) is 27.8 Å². The number of furan rings is 1. The Labute approximate surface area is 123 Å². The summed E-state index contributed by atoms with van der Waals surface area (Å²) < 4.78 is 33.1. The van der Waals surface area contributed by atoms with Crippen LogP contribution in [0.1, 0.15) is 36.0 Å². The molecule has 0 aliphatic rings. The van der Waals surface area contributed by atoms with Crippen molar-refractivity contribution < 1.29 is 17.6 Å². The van der Waals surface area contributed by atoms with Crippen molar-refractivity contribution in [2.75, 3.05) is 0 Å². The van der Waals surface area contributed by atoms with Gasteiger partial charge in [0.2, 0.25) is 0 Å². The van der Waals surface area contributed by atoms with Crippen LogP contribution in [0.2, 0.25) is 0 Å².